The molecule has 0 aromatic carbocycles. The Balaban J connectivity index is 2.45. The predicted octanol–water partition coefficient (Wildman–Crippen LogP) is 2.82. The van der Waals surface area contributed by atoms with Crippen molar-refractivity contribution in [3.8, 4) is 0 Å². The van der Waals surface area contributed by atoms with Crippen LogP contribution in [0, 0.1) is 0 Å². The van der Waals surface area contributed by atoms with Gasteiger partial charge in [-0.05, 0) is 18.2 Å². The van der Waals surface area contributed by atoms with E-state index >= 15 is 0 Å². The van der Waals surface area contributed by atoms with Gasteiger partial charge in [0.25, 0.3) is 0 Å². The molecule has 1 aliphatic heterocycles. The summed E-state index contributed by atoms with van der Waals surface area (Å²) in [6.07, 6.45) is 4.18. The van der Waals surface area contributed by atoms with Crippen LogP contribution < -0.4 is 5.32 Å². The van der Waals surface area contributed by atoms with Crippen molar-refractivity contribution in [2.45, 2.75) is 26.2 Å². The maximum absolute atomic E-state index is 4.64. The Morgan fingerprint density at radius 3 is 2.79 bits per heavy atom. The number of hydrogen-bond donors (Lipinski definition) is 1. The van der Waals surface area contributed by atoms with E-state index in [-0.39, 0.29) is 5.41 Å². The van der Waals surface area contributed by atoms with E-state index in [1.165, 1.54) is 0 Å². The van der Waals surface area contributed by atoms with Crippen molar-refractivity contribution in [1.29, 1.82) is 0 Å². The van der Waals surface area contributed by atoms with Gasteiger partial charge in [0.15, 0.2) is 0 Å². The summed E-state index contributed by atoms with van der Waals surface area (Å²) >= 11 is 0. The second kappa shape index (κ2) is 3.12. The fourth-order valence-corrected chi connectivity index (χ4v) is 1.51. The van der Waals surface area contributed by atoms with E-state index in [1.54, 1.807) is 0 Å². The maximum atomic E-state index is 4.64. The number of anilines is 1. The molecule has 14 heavy (non-hydrogen) atoms. The molecular formula is C12H16N2. The molecule has 2 heteroatoms. The standard InChI is InChI=1S/C12H16N2/c1-12(2,3)11-7-6-9-10(14-11)5-4-8-13-9/h4-7,13H,8H2,1-3H3. The smallest absolute Gasteiger partial charge is 0.0862 e. The lowest BCUT2D eigenvalue weighted by molar-refractivity contribution is 0.568. The summed E-state index contributed by atoms with van der Waals surface area (Å²) in [4.78, 5) is 4.64. The van der Waals surface area contributed by atoms with Crippen LogP contribution in [0.15, 0.2) is 18.2 Å². The first-order chi connectivity index (χ1) is 6.57. The fraction of sp³-hybridized carbons (Fsp3) is 0.417. The number of fused-ring (bicyclic) bond motifs is 1. The molecule has 1 aliphatic rings. The number of nitrogens with zero attached hydrogens (tertiary/aromatic N) is 1. The minimum absolute atomic E-state index is 0.125. The molecule has 1 N–H and O–H groups in total. The summed E-state index contributed by atoms with van der Waals surface area (Å²) in [7, 11) is 0. The van der Waals surface area contributed by atoms with Crippen LogP contribution in [0.5, 0.6) is 0 Å². The van der Waals surface area contributed by atoms with E-state index in [4.69, 9.17) is 0 Å². The first kappa shape index (κ1) is 9.25. The zero-order valence-corrected chi connectivity index (χ0v) is 8.96. The van der Waals surface area contributed by atoms with Gasteiger partial charge in [-0.25, -0.2) is 0 Å². The van der Waals surface area contributed by atoms with E-state index in [1.807, 2.05) is 0 Å². The van der Waals surface area contributed by atoms with Gasteiger partial charge < -0.3 is 5.32 Å². The SMILES string of the molecule is CC(C)(C)c1ccc2c(n1)C=CCN2. The molecule has 0 radical (unpaired) electrons. The molecule has 0 fully saturated rings. The Hall–Kier alpha value is -1.31. The van der Waals surface area contributed by atoms with Gasteiger partial charge in [-0.1, -0.05) is 26.8 Å². The average molecular weight is 188 g/mol. The quantitative estimate of drug-likeness (QED) is 0.677. The molecule has 0 saturated carbocycles. The van der Waals surface area contributed by atoms with Crippen molar-refractivity contribution in [3.63, 3.8) is 0 Å². The summed E-state index contributed by atoms with van der Waals surface area (Å²) in [5, 5.41) is 3.29. The third-order valence-corrected chi connectivity index (χ3v) is 2.38. The molecule has 74 valence electrons. The van der Waals surface area contributed by atoms with Gasteiger partial charge >= 0.3 is 0 Å². The van der Waals surface area contributed by atoms with Crippen LogP contribution in [0.2, 0.25) is 0 Å². The number of nitrogens with one attached hydrogen (secondary N) is 1. The van der Waals surface area contributed by atoms with Gasteiger partial charge in [0.2, 0.25) is 0 Å². The van der Waals surface area contributed by atoms with E-state index in [9.17, 15) is 0 Å². The zero-order chi connectivity index (χ0) is 10.2. The molecule has 1 aromatic rings. The monoisotopic (exact) mass is 188 g/mol. The van der Waals surface area contributed by atoms with Gasteiger partial charge in [0, 0.05) is 17.7 Å². The van der Waals surface area contributed by atoms with Gasteiger partial charge in [0.1, 0.15) is 0 Å². The first-order valence-electron chi connectivity index (χ1n) is 4.99. The molecule has 2 rings (SSSR count). The molecule has 0 spiro atoms. The van der Waals surface area contributed by atoms with Crippen molar-refractivity contribution in [2.24, 2.45) is 0 Å². The summed E-state index contributed by atoms with van der Waals surface area (Å²) < 4.78 is 0. The van der Waals surface area contributed by atoms with Crippen LogP contribution in [0.4, 0.5) is 5.69 Å². The summed E-state index contributed by atoms with van der Waals surface area (Å²) in [6, 6.07) is 4.22. The molecule has 2 nitrogen and oxygen atoms in total. The third kappa shape index (κ3) is 1.65. The van der Waals surface area contributed by atoms with Gasteiger partial charge in [-0.3, -0.25) is 4.98 Å². The number of rotatable bonds is 0. The van der Waals surface area contributed by atoms with Crippen LogP contribution in [0.3, 0.4) is 0 Å². The minimum atomic E-state index is 0.125. The van der Waals surface area contributed by atoms with Crippen LogP contribution in [-0.2, 0) is 5.41 Å². The van der Waals surface area contributed by atoms with Crippen LogP contribution in [0.25, 0.3) is 6.08 Å². The van der Waals surface area contributed by atoms with Gasteiger partial charge in [0.05, 0.1) is 11.4 Å². The van der Waals surface area contributed by atoms with E-state index < -0.39 is 0 Å². The second-order valence-electron chi connectivity index (χ2n) is 4.66. The van der Waals surface area contributed by atoms with Crippen molar-refractivity contribution in [1.82, 2.24) is 4.98 Å². The van der Waals surface area contributed by atoms with Crippen molar-refractivity contribution >= 4 is 11.8 Å². The predicted molar refractivity (Wildman–Crippen MR) is 60.5 cm³/mol. The highest BCUT2D eigenvalue weighted by molar-refractivity contribution is 5.67. The molecule has 2 heterocycles. The second-order valence-corrected chi connectivity index (χ2v) is 4.66. The van der Waals surface area contributed by atoms with Crippen molar-refractivity contribution in [2.75, 3.05) is 11.9 Å². The maximum Gasteiger partial charge on any atom is 0.0862 e. The van der Waals surface area contributed by atoms with Crippen LogP contribution >= 0.6 is 0 Å². The summed E-state index contributed by atoms with van der Waals surface area (Å²) in [6.45, 7) is 7.45. The highest BCUT2D eigenvalue weighted by Crippen LogP contribution is 2.25. The Morgan fingerprint density at radius 1 is 1.29 bits per heavy atom. The summed E-state index contributed by atoms with van der Waals surface area (Å²) in [5.41, 5.74) is 3.47. The highest BCUT2D eigenvalue weighted by Gasteiger charge is 2.16. The van der Waals surface area contributed by atoms with E-state index in [0.717, 1.165) is 23.6 Å². The topological polar surface area (TPSA) is 24.9 Å². The zero-order valence-electron chi connectivity index (χ0n) is 8.96. The highest BCUT2D eigenvalue weighted by atomic mass is 14.9. The van der Waals surface area contributed by atoms with Gasteiger partial charge in [-0.2, -0.15) is 0 Å². The number of pyridine rings is 1. The lowest BCUT2D eigenvalue weighted by atomic mass is 9.91. The van der Waals surface area contributed by atoms with Gasteiger partial charge in [-0.15, -0.1) is 0 Å². The summed E-state index contributed by atoms with van der Waals surface area (Å²) in [5.74, 6) is 0. The van der Waals surface area contributed by atoms with Crippen molar-refractivity contribution in [3.05, 3.63) is 29.6 Å². The largest absolute Gasteiger partial charge is 0.380 e. The normalized spacial score (nSPS) is 14.8. The lowest BCUT2D eigenvalue weighted by Gasteiger charge is -2.20. The number of hydrogen-bond acceptors (Lipinski definition) is 2. The van der Waals surface area contributed by atoms with E-state index in [0.29, 0.717) is 0 Å². The molecule has 1 aromatic heterocycles. The first-order valence-corrected chi connectivity index (χ1v) is 4.99. The molecule has 0 unspecified atom stereocenters. The van der Waals surface area contributed by atoms with Crippen LogP contribution in [0.1, 0.15) is 32.2 Å². The molecule has 0 atom stereocenters. The third-order valence-electron chi connectivity index (χ3n) is 2.38. The molecule has 0 aliphatic carbocycles. The minimum Gasteiger partial charge on any atom is -0.380 e. The fourth-order valence-electron chi connectivity index (χ4n) is 1.51. The average Bonchev–Trinajstić information content (AvgIpc) is 2.16. The number of aromatic nitrogens is 1. The lowest BCUT2D eigenvalue weighted by Crippen LogP contribution is -2.15. The Labute approximate surface area is 85.1 Å². The van der Waals surface area contributed by atoms with Crippen LogP contribution in [-0.4, -0.2) is 11.5 Å². The van der Waals surface area contributed by atoms with Crippen molar-refractivity contribution < 1.29 is 0 Å². The molecule has 0 amide bonds. The molecule has 0 bridgehead atoms. The molecular weight excluding hydrogens is 172 g/mol. The Morgan fingerprint density at radius 2 is 2.07 bits per heavy atom. The Bertz CT molecular complexity index is 372. The molecule has 0 saturated heterocycles. The van der Waals surface area contributed by atoms with E-state index in [2.05, 4.69) is 55.4 Å². The Kier molecular flexibility index (Phi) is 2.06.